The van der Waals surface area contributed by atoms with Gasteiger partial charge in [-0.15, -0.1) is 0 Å². The number of hydrogen-bond acceptors (Lipinski definition) is 2. The van der Waals surface area contributed by atoms with Crippen molar-refractivity contribution >= 4 is 10.8 Å². The SMILES string of the molecule is O=c1cc2ccccc2ccc1Oc1ccccc1. The molecule has 3 aromatic rings. The molecule has 0 unspecified atom stereocenters. The normalized spacial score (nSPS) is 10.3. The van der Waals surface area contributed by atoms with Crippen LogP contribution >= 0.6 is 0 Å². The lowest BCUT2D eigenvalue weighted by atomic mass is 10.2. The van der Waals surface area contributed by atoms with Crippen molar-refractivity contribution in [3.63, 3.8) is 0 Å². The lowest BCUT2D eigenvalue weighted by Gasteiger charge is -2.01. The van der Waals surface area contributed by atoms with Gasteiger partial charge in [-0.3, -0.25) is 4.79 Å². The van der Waals surface area contributed by atoms with Gasteiger partial charge in [0.2, 0.25) is 5.43 Å². The van der Waals surface area contributed by atoms with Crippen LogP contribution in [-0.4, -0.2) is 0 Å². The molecule has 92 valence electrons. The van der Waals surface area contributed by atoms with E-state index < -0.39 is 0 Å². The average molecular weight is 248 g/mol. The topological polar surface area (TPSA) is 26.3 Å². The molecular formula is C17H12O2. The molecule has 2 heteroatoms. The Labute approximate surface area is 110 Å². The Bertz CT molecular complexity index is 764. The molecule has 0 radical (unpaired) electrons. The molecule has 0 aromatic heterocycles. The first-order valence-electron chi connectivity index (χ1n) is 6.09. The van der Waals surface area contributed by atoms with Crippen LogP contribution in [0.2, 0.25) is 0 Å². The molecule has 0 aliphatic rings. The van der Waals surface area contributed by atoms with E-state index in [2.05, 4.69) is 0 Å². The summed E-state index contributed by atoms with van der Waals surface area (Å²) in [4.78, 5) is 12.1. The van der Waals surface area contributed by atoms with Crippen LogP contribution in [0, 0.1) is 0 Å². The zero-order valence-electron chi connectivity index (χ0n) is 10.2. The van der Waals surface area contributed by atoms with Crippen LogP contribution in [0.4, 0.5) is 0 Å². The smallest absolute Gasteiger partial charge is 0.221 e. The van der Waals surface area contributed by atoms with Crippen molar-refractivity contribution in [2.24, 2.45) is 0 Å². The van der Waals surface area contributed by atoms with Crippen LogP contribution in [0.25, 0.3) is 10.8 Å². The number of ether oxygens (including phenoxy) is 1. The molecule has 0 atom stereocenters. The summed E-state index contributed by atoms with van der Waals surface area (Å²) >= 11 is 0. The zero-order valence-corrected chi connectivity index (χ0v) is 10.2. The van der Waals surface area contributed by atoms with Crippen molar-refractivity contribution < 1.29 is 4.74 Å². The number of fused-ring (bicyclic) bond motifs is 1. The molecule has 3 aromatic carbocycles. The molecule has 0 amide bonds. The van der Waals surface area contributed by atoms with E-state index in [1.165, 1.54) is 0 Å². The van der Waals surface area contributed by atoms with Crippen LogP contribution in [-0.2, 0) is 0 Å². The van der Waals surface area contributed by atoms with Crippen molar-refractivity contribution in [1.29, 1.82) is 0 Å². The van der Waals surface area contributed by atoms with E-state index in [1.807, 2.05) is 60.7 Å². The van der Waals surface area contributed by atoms with Gasteiger partial charge in [-0.05, 0) is 35.0 Å². The predicted molar refractivity (Wildman–Crippen MR) is 76.7 cm³/mol. The van der Waals surface area contributed by atoms with E-state index in [1.54, 1.807) is 12.1 Å². The fraction of sp³-hybridized carbons (Fsp3) is 0. The average Bonchev–Trinajstić information content (AvgIpc) is 2.60. The molecule has 0 heterocycles. The second-order valence-corrected chi connectivity index (χ2v) is 4.25. The van der Waals surface area contributed by atoms with Crippen LogP contribution in [0.5, 0.6) is 11.5 Å². The molecule has 2 nitrogen and oxygen atoms in total. The van der Waals surface area contributed by atoms with Gasteiger partial charge in [-0.2, -0.15) is 0 Å². The Balaban J connectivity index is 2.10. The lowest BCUT2D eigenvalue weighted by molar-refractivity contribution is 0.479. The van der Waals surface area contributed by atoms with Crippen molar-refractivity contribution in [2.45, 2.75) is 0 Å². The fourth-order valence-corrected chi connectivity index (χ4v) is 1.95. The molecule has 0 aliphatic heterocycles. The molecule has 19 heavy (non-hydrogen) atoms. The van der Waals surface area contributed by atoms with E-state index in [4.69, 9.17) is 4.74 Å². The third-order valence-electron chi connectivity index (χ3n) is 2.91. The predicted octanol–water partition coefficient (Wildman–Crippen LogP) is 3.99. The minimum absolute atomic E-state index is 0.120. The van der Waals surface area contributed by atoms with Gasteiger partial charge >= 0.3 is 0 Å². The van der Waals surface area contributed by atoms with Gasteiger partial charge in [0.1, 0.15) is 5.75 Å². The maximum absolute atomic E-state index is 12.1. The summed E-state index contributed by atoms with van der Waals surface area (Å²) in [6.07, 6.45) is 0. The highest BCUT2D eigenvalue weighted by Crippen LogP contribution is 2.19. The number of para-hydroxylation sites is 1. The molecule has 0 fully saturated rings. The lowest BCUT2D eigenvalue weighted by Crippen LogP contribution is -1.99. The minimum Gasteiger partial charge on any atom is -0.453 e. The summed E-state index contributed by atoms with van der Waals surface area (Å²) in [6, 6.07) is 22.3. The zero-order chi connectivity index (χ0) is 13.1. The van der Waals surface area contributed by atoms with Crippen molar-refractivity contribution in [2.75, 3.05) is 0 Å². The van der Waals surface area contributed by atoms with E-state index in [9.17, 15) is 4.79 Å². The summed E-state index contributed by atoms with van der Waals surface area (Å²) in [5.74, 6) is 0.997. The maximum Gasteiger partial charge on any atom is 0.221 e. The van der Waals surface area contributed by atoms with Gasteiger partial charge < -0.3 is 4.74 Å². The Morgan fingerprint density at radius 2 is 1.37 bits per heavy atom. The number of rotatable bonds is 2. The second kappa shape index (κ2) is 4.94. The summed E-state index contributed by atoms with van der Waals surface area (Å²) in [5.41, 5.74) is -0.120. The highest BCUT2D eigenvalue weighted by atomic mass is 16.5. The second-order valence-electron chi connectivity index (χ2n) is 4.25. The van der Waals surface area contributed by atoms with Crippen LogP contribution in [0.15, 0.2) is 77.6 Å². The molecule has 0 saturated carbocycles. The Morgan fingerprint density at radius 3 is 2.16 bits per heavy atom. The maximum atomic E-state index is 12.1. The Hall–Kier alpha value is -2.61. The van der Waals surface area contributed by atoms with E-state index in [-0.39, 0.29) is 5.43 Å². The van der Waals surface area contributed by atoms with Crippen molar-refractivity contribution in [3.8, 4) is 11.5 Å². The monoisotopic (exact) mass is 248 g/mol. The molecule has 0 saturated heterocycles. The van der Waals surface area contributed by atoms with Crippen molar-refractivity contribution in [1.82, 2.24) is 0 Å². The first-order chi connectivity index (χ1) is 9.33. The minimum atomic E-state index is -0.120. The molecule has 3 rings (SSSR count). The van der Waals surface area contributed by atoms with Gasteiger partial charge in [0.15, 0.2) is 5.75 Å². The third kappa shape index (κ3) is 2.47. The van der Waals surface area contributed by atoms with Gasteiger partial charge in [0, 0.05) is 0 Å². The summed E-state index contributed by atoms with van der Waals surface area (Å²) in [5, 5.41) is 1.93. The molecule has 0 bridgehead atoms. The van der Waals surface area contributed by atoms with Gasteiger partial charge in [0.25, 0.3) is 0 Å². The van der Waals surface area contributed by atoms with Crippen molar-refractivity contribution in [3.05, 3.63) is 83.0 Å². The van der Waals surface area contributed by atoms with Crippen LogP contribution in [0.1, 0.15) is 0 Å². The highest BCUT2D eigenvalue weighted by molar-refractivity contribution is 5.81. The molecule has 0 aliphatic carbocycles. The molecule has 0 N–H and O–H groups in total. The van der Waals surface area contributed by atoms with Gasteiger partial charge in [-0.25, -0.2) is 0 Å². The first-order valence-corrected chi connectivity index (χ1v) is 6.09. The fourth-order valence-electron chi connectivity index (χ4n) is 1.95. The summed E-state index contributed by atoms with van der Waals surface area (Å²) in [6.45, 7) is 0. The first kappa shape index (κ1) is 11.5. The van der Waals surface area contributed by atoms with E-state index in [0.717, 1.165) is 10.8 Å². The quantitative estimate of drug-likeness (QED) is 0.685. The Kier molecular flexibility index (Phi) is 2.99. The number of benzene rings is 2. The third-order valence-corrected chi connectivity index (χ3v) is 2.91. The van der Waals surface area contributed by atoms with E-state index in [0.29, 0.717) is 11.5 Å². The summed E-state index contributed by atoms with van der Waals surface area (Å²) < 4.78 is 5.63. The van der Waals surface area contributed by atoms with E-state index >= 15 is 0 Å². The summed E-state index contributed by atoms with van der Waals surface area (Å²) in [7, 11) is 0. The van der Waals surface area contributed by atoms with Gasteiger partial charge in [0.05, 0.1) is 0 Å². The molecule has 0 spiro atoms. The Morgan fingerprint density at radius 1 is 0.684 bits per heavy atom. The highest BCUT2D eigenvalue weighted by Gasteiger charge is 2.01. The van der Waals surface area contributed by atoms with Gasteiger partial charge in [-0.1, -0.05) is 48.5 Å². The largest absolute Gasteiger partial charge is 0.453 e. The molecular weight excluding hydrogens is 236 g/mol. The number of hydrogen-bond donors (Lipinski definition) is 0. The van der Waals surface area contributed by atoms with Crippen LogP contribution in [0.3, 0.4) is 0 Å². The van der Waals surface area contributed by atoms with Crippen LogP contribution < -0.4 is 10.2 Å². The standard InChI is InChI=1S/C17H12O2/c18-16-12-14-7-5-4-6-13(14)10-11-17(16)19-15-8-2-1-3-9-15/h1-12H.